The van der Waals surface area contributed by atoms with Crippen molar-refractivity contribution in [2.75, 3.05) is 19.6 Å². The Morgan fingerprint density at radius 1 is 1.26 bits per heavy atom. The summed E-state index contributed by atoms with van der Waals surface area (Å²) < 4.78 is 5.39. The van der Waals surface area contributed by atoms with Crippen LogP contribution in [0.25, 0.3) is 0 Å². The van der Waals surface area contributed by atoms with Crippen molar-refractivity contribution in [3.8, 4) is 0 Å². The number of ether oxygens (including phenoxy) is 1. The first kappa shape index (κ1) is 17.5. The number of halogens is 1. The van der Waals surface area contributed by atoms with Gasteiger partial charge in [-0.15, -0.1) is 0 Å². The molecule has 1 aliphatic heterocycles. The van der Waals surface area contributed by atoms with Gasteiger partial charge in [0, 0.05) is 38.1 Å². The van der Waals surface area contributed by atoms with Crippen LogP contribution in [0.3, 0.4) is 0 Å². The van der Waals surface area contributed by atoms with Crippen LogP contribution in [0.4, 0.5) is 4.79 Å². The number of carbonyl (C=O) groups excluding carboxylic acids is 2. The zero-order valence-electron chi connectivity index (χ0n) is 13.7. The number of nitrogens with zero attached hydrogens (tertiary/aromatic N) is 4. The van der Waals surface area contributed by atoms with Crippen LogP contribution in [0.5, 0.6) is 0 Å². The topological polar surface area (TPSA) is 75.6 Å². The maximum atomic E-state index is 12.4. The normalized spacial score (nSPS) is 18.7. The summed E-state index contributed by atoms with van der Waals surface area (Å²) in [6, 6.07) is -0.129. The van der Waals surface area contributed by atoms with Gasteiger partial charge in [-0.1, -0.05) is 0 Å². The van der Waals surface area contributed by atoms with Crippen LogP contribution in [0.1, 0.15) is 38.1 Å². The van der Waals surface area contributed by atoms with Crippen molar-refractivity contribution >= 4 is 23.6 Å². The van der Waals surface area contributed by atoms with E-state index >= 15 is 0 Å². The van der Waals surface area contributed by atoms with Crippen molar-refractivity contribution in [2.24, 2.45) is 0 Å². The highest BCUT2D eigenvalue weighted by molar-refractivity contribution is 6.28. The molecule has 0 bridgehead atoms. The highest BCUT2D eigenvalue weighted by Crippen LogP contribution is 2.17. The molecule has 1 fully saturated rings. The van der Waals surface area contributed by atoms with Crippen molar-refractivity contribution in [1.82, 2.24) is 19.8 Å². The van der Waals surface area contributed by atoms with Gasteiger partial charge in [-0.05, 0) is 39.3 Å². The molecule has 1 aromatic heterocycles. The Kier molecular flexibility index (Phi) is 5.09. The third-order valence-corrected chi connectivity index (χ3v) is 3.61. The Hall–Kier alpha value is -1.89. The zero-order valence-corrected chi connectivity index (χ0v) is 14.5. The monoisotopic (exact) mass is 340 g/mol. The molecule has 0 aliphatic carbocycles. The molecule has 2 rings (SSSR count). The zero-order chi connectivity index (χ0) is 17.2. The number of amides is 2. The molecule has 7 nitrogen and oxygen atoms in total. The highest BCUT2D eigenvalue weighted by atomic mass is 35.5. The van der Waals surface area contributed by atoms with Gasteiger partial charge in [-0.3, -0.25) is 4.79 Å². The van der Waals surface area contributed by atoms with Gasteiger partial charge in [0.1, 0.15) is 5.60 Å². The fourth-order valence-corrected chi connectivity index (χ4v) is 2.44. The van der Waals surface area contributed by atoms with Crippen LogP contribution in [-0.4, -0.2) is 63.0 Å². The first-order valence-electron chi connectivity index (χ1n) is 7.44. The Morgan fingerprint density at radius 3 is 2.39 bits per heavy atom. The smallest absolute Gasteiger partial charge is 0.410 e. The Labute approximate surface area is 140 Å². The first-order chi connectivity index (χ1) is 10.7. The van der Waals surface area contributed by atoms with Gasteiger partial charge in [0.2, 0.25) is 5.28 Å². The van der Waals surface area contributed by atoms with E-state index in [-0.39, 0.29) is 23.3 Å². The Balaban J connectivity index is 1.99. The molecule has 0 aromatic carbocycles. The van der Waals surface area contributed by atoms with Crippen LogP contribution < -0.4 is 0 Å². The molecule has 0 radical (unpaired) electrons. The van der Waals surface area contributed by atoms with Crippen LogP contribution in [0.15, 0.2) is 12.4 Å². The third-order valence-electron chi connectivity index (χ3n) is 3.41. The molecular formula is C15H21ClN4O3. The molecule has 0 spiro atoms. The molecular weight excluding hydrogens is 320 g/mol. The lowest BCUT2D eigenvalue weighted by atomic mass is 10.1. The van der Waals surface area contributed by atoms with E-state index in [1.807, 2.05) is 27.7 Å². The van der Waals surface area contributed by atoms with Crippen molar-refractivity contribution in [3.63, 3.8) is 0 Å². The molecule has 0 saturated carbocycles. The Bertz CT molecular complexity index is 585. The van der Waals surface area contributed by atoms with E-state index in [9.17, 15) is 9.59 Å². The minimum Gasteiger partial charge on any atom is -0.444 e. The summed E-state index contributed by atoms with van der Waals surface area (Å²) in [6.45, 7) is 8.67. The first-order valence-corrected chi connectivity index (χ1v) is 7.81. The number of piperazine rings is 1. The molecule has 1 aromatic rings. The van der Waals surface area contributed by atoms with Gasteiger partial charge in [0.25, 0.3) is 5.91 Å². The van der Waals surface area contributed by atoms with E-state index in [1.165, 1.54) is 12.4 Å². The Morgan fingerprint density at radius 2 is 1.87 bits per heavy atom. The second-order valence-electron chi connectivity index (χ2n) is 6.51. The summed E-state index contributed by atoms with van der Waals surface area (Å²) >= 11 is 5.63. The predicted molar refractivity (Wildman–Crippen MR) is 85.3 cm³/mol. The van der Waals surface area contributed by atoms with Crippen molar-refractivity contribution in [2.45, 2.75) is 39.3 Å². The lowest BCUT2D eigenvalue weighted by Crippen LogP contribution is -2.56. The van der Waals surface area contributed by atoms with Gasteiger partial charge in [0.15, 0.2) is 0 Å². The summed E-state index contributed by atoms with van der Waals surface area (Å²) in [4.78, 5) is 35.6. The average molecular weight is 341 g/mol. The SMILES string of the molecule is C[C@@H]1CN(C(=O)c2cnc(Cl)nc2)CCN1C(=O)OC(C)(C)C. The standard InChI is InChI=1S/C15H21ClN4O3/c1-10-9-19(12(21)11-7-17-13(16)18-8-11)5-6-20(10)14(22)23-15(2,3)4/h7-8,10H,5-6,9H2,1-4H3/t10-/m1/s1. The number of hydrogen-bond acceptors (Lipinski definition) is 5. The predicted octanol–water partition coefficient (Wildman–Crippen LogP) is 2.21. The van der Waals surface area contributed by atoms with Crippen molar-refractivity contribution in [3.05, 3.63) is 23.2 Å². The summed E-state index contributed by atoms with van der Waals surface area (Å²) in [6.07, 6.45) is 2.46. The van der Waals surface area contributed by atoms with Gasteiger partial charge < -0.3 is 14.5 Å². The summed E-state index contributed by atoms with van der Waals surface area (Å²) in [7, 11) is 0. The van der Waals surface area contributed by atoms with Gasteiger partial charge in [-0.25, -0.2) is 14.8 Å². The highest BCUT2D eigenvalue weighted by Gasteiger charge is 2.32. The van der Waals surface area contributed by atoms with Gasteiger partial charge in [-0.2, -0.15) is 0 Å². The second-order valence-corrected chi connectivity index (χ2v) is 6.85. The third kappa shape index (κ3) is 4.54. The summed E-state index contributed by atoms with van der Waals surface area (Å²) in [5, 5.41) is 0.102. The number of carbonyl (C=O) groups is 2. The molecule has 1 saturated heterocycles. The molecule has 126 valence electrons. The molecule has 2 heterocycles. The van der Waals surface area contributed by atoms with E-state index in [0.717, 1.165) is 0 Å². The van der Waals surface area contributed by atoms with Crippen LogP contribution >= 0.6 is 11.6 Å². The largest absolute Gasteiger partial charge is 0.444 e. The van der Waals surface area contributed by atoms with E-state index in [2.05, 4.69) is 9.97 Å². The molecule has 0 unspecified atom stereocenters. The van der Waals surface area contributed by atoms with E-state index < -0.39 is 5.60 Å². The molecule has 8 heteroatoms. The van der Waals surface area contributed by atoms with Crippen LogP contribution in [0, 0.1) is 0 Å². The number of rotatable bonds is 1. The molecule has 1 aliphatic rings. The molecule has 1 atom stereocenters. The van der Waals surface area contributed by atoms with E-state index in [0.29, 0.717) is 25.2 Å². The quantitative estimate of drug-likeness (QED) is 0.733. The molecule has 23 heavy (non-hydrogen) atoms. The van der Waals surface area contributed by atoms with Gasteiger partial charge in [0.05, 0.1) is 5.56 Å². The lowest BCUT2D eigenvalue weighted by Gasteiger charge is -2.40. The van der Waals surface area contributed by atoms with Crippen LogP contribution in [0.2, 0.25) is 5.28 Å². The van der Waals surface area contributed by atoms with E-state index in [4.69, 9.17) is 16.3 Å². The molecule has 2 amide bonds. The minimum absolute atomic E-state index is 0.102. The van der Waals surface area contributed by atoms with Gasteiger partial charge >= 0.3 is 6.09 Å². The molecule has 0 N–H and O–H groups in total. The fraction of sp³-hybridized carbons (Fsp3) is 0.600. The summed E-state index contributed by atoms with van der Waals surface area (Å²) in [5.41, 5.74) is -0.156. The van der Waals surface area contributed by atoms with Crippen molar-refractivity contribution in [1.29, 1.82) is 0 Å². The minimum atomic E-state index is -0.537. The maximum absolute atomic E-state index is 12.4. The van der Waals surface area contributed by atoms with Crippen LogP contribution in [-0.2, 0) is 4.74 Å². The lowest BCUT2D eigenvalue weighted by molar-refractivity contribution is 0.00197. The number of hydrogen-bond donors (Lipinski definition) is 0. The van der Waals surface area contributed by atoms with E-state index in [1.54, 1.807) is 9.80 Å². The van der Waals surface area contributed by atoms with Crippen molar-refractivity contribution < 1.29 is 14.3 Å². The maximum Gasteiger partial charge on any atom is 0.410 e. The average Bonchev–Trinajstić information content (AvgIpc) is 2.45. The second kappa shape index (κ2) is 6.70. The fourth-order valence-electron chi connectivity index (χ4n) is 2.34. The number of aromatic nitrogens is 2. The summed E-state index contributed by atoms with van der Waals surface area (Å²) in [5.74, 6) is -0.169.